The predicted molar refractivity (Wildman–Crippen MR) is 79.4 cm³/mol. The van der Waals surface area contributed by atoms with Crippen molar-refractivity contribution in [3.05, 3.63) is 30.1 Å². The van der Waals surface area contributed by atoms with Gasteiger partial charge in [-0.25, -0.2) is 4.98 Å². The Morgan fingerprint density at radius 1 is 1.32 bits per heavy atom. The Morgan fingerprint density at radius 2 is 2.11 bits per heavy atom. The maximum Gasteiger partial charge on any atom is 0.0960 e. The fourth-order valence-electron chi connectivity index (χ4n) is 3.03. The highest BCUT2D eigenvalue weighted by molar-refractivity contribution is 5.76. The molecule has 1 fully saturated rings. The lowest BCUT2D eigenvalue weighted by Crippen LogP contribution is -2.28. The smallest absolute Gasteiger partial charge is 0.0960 e. The maximum atomic E-state index is 4.54. The van der Waals surface area contributed by atoms with Gasteiger partial charge in [-0.2, -0.15) is 0 Å². The van der Waals surface area contributed by atoms with E-state index >= 15 is 0 Å². The SMILES string of the molecule is CC(C)n1cnc2cc(CC3CCNCC3)ccc21. The number of nitrogens with zero attached hydrogens (tertiary/aromatic N) is 2. The van der Waals surface area contributed by atoms with Gasteiger partial charge in [0.25, 0.3) is 0 Å². The molecule has 1 aliphatic heterocycles. The summed E-state index contributed by atoms with van der Waals surface area (Å²) in [4.78, 5) is 4.54. The summed E-state index contributed by atoms with van der Waals surface area (Å²) < 4.78 is 2.24. The number of rotatable bonds is 3. The van der Waals surface area contributed by atoms with Crippen LogP contribution in [0.3, 0.4) is 0 Å². The first-order valence-corrected chi connectivity index (χ1v) is 7.40. The summed E-state index contributed by atoms with van der Waals surface area (Å²) in [5.74, 6) is 0.839. The summed E-state index contributed by atoms with van der Waals surface area (Å²) in [5.41, 5.74) is 3.83. The molecule has 0 atom stereocenters. The van der Waals surface area contributed by atoms with E-state index in [1.54, 1.807) is 0 Å². The minimum atomic E-state index is 0.472. The highest BCUT2D eigenvalue weighted by Crippen LogP contribution is 2.22. The summed E-state index contributed by atoms with van der Waals surface area (Å²) in [7, 11) is 0. The van der Waals surface area contributed by atoms with Crippen LogP contribution in [0.25, 0.3) is 11.0 Å². The lowest BCUT2D eigenvalue weighted by Gasteiger charge is -2.22. The minimum Gasteiger partial charge on any atom is -0.328 e. The minimum absolute atomic E-state index is 0.472. The number of nitrogens with one attached hydrogen (secondary N) is 1. The molecule has 3 rings (SSSR count). The van der Waals surface area contributed by atoms with E-state index in [0.29, 0.717) is 6.04 Å². The largest absolute Gasteiger partial charge is 0.328 e. The molecule has 2 aromatic rings. The zero-order chi connectivity index (χ0) is 13.2. The molecule has 102 valence electrons. The highest BCUT2D eigenvalue weighted by atomic mass is 15.1. The third-order valence-corrected chi connectivity index (χ3v) is 4.18. The van der Waals surface area contributed by atoms with Gasteiger partial charge in [-0.05, 0) is 69.8 Å². The monoisotopic (exact) mass is 257 g/mol. The van der Waals surface area contributed by atoms with Gasteiger partial charge < -0.3 is 9.88 Å². The molecule has 3 nitrogen and oxygen atoms in total. The Kier molecular flexibility index (Phi) is 3.56. The third kappa shape index (κ3) is 2.66. The second-order valence-electron chi connectivity index (χ2n) is 5.97. The number of benzene rings is 1. The van der Waals surface area contributed by atoms with E-state index in [4.69, 9.17) is 0 Å². The molecule has 0 amide bonds. The lowest BCUT2D eigenvalue weighted by molar-refractivity contribution is 0.373. The van der Waals surface area contributed by atoms with Gasteiger partial charge in [-0.15, -0.1) is 0 Å². The molecule has 0 unspecified atom stereocenters. The number of fused-ring (bicyclic) bond motifs is 1. The second-order valence-corrected chi connectivity index (χ2v) is 5.97. The van der Waals surface area contributed by atoms with Gasteiger partial charge in [-0.3, -0.25) is 0 Å². The van der Waals surface area contributed by atoms with Crippen molar-refractivity contribution in [1.29, 1.82) is 0 Å². The van der Waals surface area contributed by atoms with E-state index in [0.717, 1.165) is 11.4 Å². The molecular formula is C16H23N3. The first-order valence-electron chi connectivity index (χ1n) is 7.40. The molecule has 0 aliphatic carbocycles. The Labute approximate surface area is 115 Å². The molecule has 1 saturated heterocycles. The molecule has 2 heterocycles. The second kappa shape index (κ2) is 5.33. The summed E-state index contributed by atoms with van der Waals surface area (Å²) in [6.45, 7) is 6.75. The van der Waals surface area contributed by atoms with Crippen LogP contribution in [0.2, 0.25) is 0 Å². The molecule has 1 aromatic heterocycles. The fraction of sp³-hybridized carbons (Fsp3) is 0.562. The third-order valence-electron chi connectivity index (χ3n) is 4.18. The van der Waals surface area contributed by atoms with Crippen LogP contribution in [0, 0.1) is 5.92 Å². The molecule has 19 heavy (non-hydrogen) atoms. The Bertz CT molecular complexity index is 550. The highest BCUT2D eigenvalue weighted by Gasteiger charge is 2.14. The van der Waals surface area contributed by atoms with Gasteiger partial charge >= 0.3 is 0 Å². The van der Waals surface area contributed by atoms with E-state index in [1.807, 2.05) is 6.33 Å². The van der Waals surface area contributed by atoms with Crippen molar-refractivity contribution < 1.29 is 0 Å². The first kappa shape index (κ1) is 12.7. The van der Waals surface area contributed by atoms with E-state index in [9.17, 15) is 0 Å². The van der Waals surface area contributed by atoms with Crippen LogP contribution >= 0.6 is 0 Å². The van der Waals surface area contributed by atoms with E-state index in [1.165, 1.54) is 43.4 Å². The number of hydrogen-bond donors (Lipinski definition) is 1. The summed E-state index contributed by atoms with van der Waals surface area (Å²) in [6.07, 6.45) is 5.77. The van der Waals surface area contributed by atoms with Gasteiger partial charge in [0.15, 0.2) is 0 Å². The van der Waals surface area contributed by atoms with Gasteiger partial charge in [0.05, 0.1) is 17.4 Å². The zero-order valence-electron chi connectivity index (χ0n) is 11.9. The van der Waals surface area contributed by atoms with Crippen molar-refractivity contribution in [1.82, 2.24) is 14.9 Å². The summed E-state index contributed by atoms with van der Waals surface area (Å²) >= 11 is 0. The van der Waals surface area contributed by atoms with E-state index in [-0.39, 0.29) is 0 Å². The van der Waals surface area contributed by atoms with Crippen molar-refractivity contribution in [2.75, 3.05) is 13.1 Å². The van der Waals surface area contributed by atoms with Crippen molar-refractivity contribution in [3.8, 4) is 0 Å². The number of piperidine rings is 1. The Balaban J connectivity index is 1.81. The molecular weight excluding hydrogens is 234 g/mol. The first-order chi connectivity index (χ1) is 9.24. The maximum absolute atomic E-state index is 4.54. The lowest BCUT2D eigenvalue weighted by atomic mass is 9.91. The molecule has 0 bridgehead atoms. The van der Waals surface area contributed by atoms with Crippen molar-refractivity contribution in [2.24, 2.45) is 5.92 Å². The zero-order valence-corrected chi connectivity index (χ0v) is 11.9. The van der Waals surface area contributed by atoms with Crippen molar-refractivity contribution in [3.63, 3.8) is 0 Å². The average molecular weight is 257 g/mol. The van der Waals surface area contributed by atoms with Gasteiger partial charge in [0.2, 0.25) is 0 Å². The Hall–Kier alpha value is -1.35. The average Bonchev–Trinajstić information content (AvgIpc) is 2.83. The normalized spacial score (nSPS) is 17.4. The van der Waals surface area contributed by atoms with Crippen LogP contribution in [0.15, 0.2) is 24.5 Å². The van der Waals surface area contributed by atoms with Crippen LogP contribution in [-0.4, -0.2) is 22.6 Å². The molecule has 0 saturated carbocycles. The molecule has 0 spiro atoms. The van der Waals surface area contributed by atoms with E-state index in [2.05, 4.69) is 46.9 Å². The fourth-order valence-corrected chi connectivity index (χ4v) is 3.03. The van der Waals surface area contributed by atoms with Crippen LogP contribution in [0.5, 0.6) is 0 Å². The van der Waals surface area contributed by atoms with Crippen LogP contribution in [0.1, 0.15) is 38.3 Å². The van der Waals surface area contributed by atoms with Gasteiger partial charge in [-0.1, -0.05) is 6.07 Å². The van der Waals surface area contributed by atoms with Crippen LogP contribution < -0.4 is 5.32 Å². The van der Waals surface area contributed by atoms with E-state index < -0.39 is 0 Å². The van der Waals surface area contributed by atoms with Gasteiger partial charge in [0, 0.05) is 6.04 Å². The van der Waals surface area contributed by atoms with Gasteiger partial charge in [0.1, 0.15) is 0 Å². The summed E-state index contributed by atoms with van der Waals surface area (Å²) in [5, 5.41) is 3.43. The van der Waals surface area contributed by atoms with Crippen molar-refractivity contribution in [2.45, 2.75) is 39.2 Å². The standard InChI is InChI=1S/C16H23N3/c1-12(2)19-11-18-15-10-14(3-4-16(15)19)9-13-5-7-17-8-6-13/h3-4,10-13,17H,5-9H2,1-2H3. The molecule has 1 aromatic carbocycles. The predicted octanol–water partition coefficient (Wildman–Crippen LogP) is 3.16. The van der Waals surface area contributed by atoms with Crippen LogP contribution in [-0.2, 0) is 6.42 Å². The van der Waals surface area contributed by atoms with Crippen LogP contribution in [0.4, 0.5) is 0 Å². The summed E-state index contributed by atoms with van der Waals surface area (Å²) in [6, 6.07) is 7.26. The molecule has 1 N–H and O–H groups in total. The Morgan fingerprint density at radius 3 is 2.84 bits per heavy atom. The molecule has 3 heteroatoms. The molecule has 1 aliphatic rings. The topological polar surface area (TPSA) is 29.9 Å². The quantitative estimate of drug-likeness (QED) is 0.915. The molecule has 0 radical (unpaired) electrons. The number of aromatic nitrogens is 2. The number of hydrogen-bond acceptors (Lipinski definition) is 2. The number of imidazole rings is 1. The van der Waals surface area contributed by atoms with Crippen molar-refractivity contribution >= 4 is 11.0 Å².